The minimum absolute atomic E-state index is 0.0785. The second-order valence-electron chi connectivity index (χ2n) is 7.84. The third-order valence-corrected chi connectivity index (χ3v) is 3.96. The van der Waals surface area contributed by atoms with E-state index in [-0.39, 0.29) is 17.7 Å². The Kier molecular flexibility index (Phi) is 7.94. The van der Waals surface area contributed by atoms with E-state index >= 15 is 0 Å². The summed E-state index contributed by atoms with van der Waals surface area (Å²) in [5, 5.41) is 0. The second kappa shape index (κ2) is 9.48. The minimum Gasteiger partial charge on any atom is -0.456 e. The molecule has 1 heterocycles. The fraction of sp³-hybridized carbons (Fsp3) is 0.600. The van der Waals surface area contributed by atoms with Crippen molar-refractivity contribution in [1.29, 1.82) is 0 Å². The van der Waals surface area contributed by atoms with Crippen molar-refractivity contribution in [1.82, 2.24) is 9.88 Å². The number of carbonyl (C=O) groups is 3. The molecule has 1 aromatic rings. The van der Waals surface area contributed by atoms with Gasteiger partial charge in [0.2, 0.25) is 0 Å². The number of rotatable bonds is 7. The van der Waals surface area contributed by atoms with Crippen molar-refractivity contribution in [2.24, 2.45) is 5.92 Å². The maximum Gasteiger partial charge on any atom is 0.410 e. The van der Waals surface area contributed by atoms with Crippen molar-refractivity contribution in [3.05, 3.63) is 29.6 Å². The number of ether oxygens (including phenoxy) is 2. The molecule has 2 atom stereocenters. The molecular weight excluding hydrogens is 348 g/mol. The number of hydrogen-bond donors (Lipinski definition) is 0. The maximum atomic E-state index is 12.5. The van der Waals surface area contributed by atoms with E-state index in [4.69, 9.17) is 9.47 Å². The van der Waals surface area contributed by atoms with Gasteiger partial charge < -0.3 is 14.4 Å². The zero-order valence-electron chi connectivity index (χ0n) is 17.2. The number of amides is 1. The van der Waals surface area contributed by atoms with Crippen molar-refractivity contribution in [3.63, 3.8) is 0 Å². The smallest absolute Gasteiger partial charge is 0.410 e. The van der Waals surface area contributed by atoms with Gasteiger partial charge in [0.15, 0.2) is 6.29 Å². The molecule has 1 rings (SSSR count). The van der Waals surface area contributed by atoms with E-state index in [0.717, 1.165) is 0 Å². The van der Waals surface area contributed by atoms with Crippen LogP contribution in [0, 0.1) is 5.92 Å². The molecule has 7 nitrogen and oxygen atoms in total. The van der Waals surface area contributed by atoms with E-state index in [9.17, 15) is 14.4 Å². The van der Waals surface area contributed by atoms with Crippen molar-refractivity contribution >= 4 is 18.3 Å². The van der Waals surface area contributed by atoms with Crippen molar-refractivity contribution in [2.45, 2.75) is 65.7 Å². The van der Waals surface area contributed by atoms with Crippen LogP contribution in [0.25, 0.3) is 0 Å². The Morgan fingerprint density at radius 2 is 1.89 bits per heavy atom. The van der Waals surface area contributed by atoms with Crippen LogP contribution in [-0.2, 0) is 14.3 Å². The molecule has 0 N–H and O–H groups in total. The van der Waals surface area contributed by atoms with Crippen molar-refractivity contribution < 1.29 is 23.9 Å². The van der Waals surface area contributed by atoms with Crippen LogP contribution in [0.3, 0.4) is 0 Å². The van der Waals surface area contributed by atoms with Gasteiger partial charge in [-0.15, -0.1) is 0 Å². The van der Waals surface area contributed by atoms with Gasteiger partial charge in [-0.05, 0) is 38.8 Å². The monoisotopic (exact) mass is 378 g/mol. The third kappa shape index (κ3) is 7.37. The molecule has 150 valence electrons. The van der Waals surface area contributed by atoms with Crippen LogP contribution in [0.4, 0.5) is 4.79 Å². The Balaban J connectivity index is 3.11. The summed E-state index contributed by atoms with van der Waals surface area (Å²) in [5.74, 6) is -0.379. The summed E-state index contributed by atoms with van der Waals surface area (Å²) in [4.78, 5) is 40.9. The molecule has 27 heavy (non-hydrogen) atoms. The lowest BCUT2D eigenvalue weighted by Crippen LogP contribution is -2.44. The Morgan fingerprint density at radius 1 is 1.26 bits per heavy atom. The normalized spacial score (nSPS) is 13.6. The Labute approximate surface area is 161 Å². The van der Waals surface area contributed by atoms with Gasteiger partial charge in [-0.25, -0.2) is 9.78 Å². The van der Waals surface area contributed by atoms with Gasteiger partial charge >= 0.3 is 12.1 Å². The molecule has 7 heteroatoms. The number of pyridine rings is 1. The lowest BCUT2D eigenvalue weighted by atomic mass is 9.95. The molecular formula is C20H30N2O5. The lowest BCUT2D eigenvalue weighted by Gasteiger charge is -2.34. The highest BCUT2D eigenvalue weighted by atomic mass is 16.6. The quantitative estimate of drug-likeness (QED) is 0.530. The molecule has 0 aromatic carbocycles. The molecule has 0 saturated heterocycles. The standard InChI is InChI=1S/C20H30N2O5/c1-13(2)17(22(7)19(25)27-20(4,5)6)11-18(26-14(3)24)16-10-8-9-15(12-23)21-16/h8-10,12-13,17-18H,11H2,1-7H3/t17-,18-/m1/s1. The molecule has 0 unspecified atom stereocenters. The van der Waals surface area contributed by atoms with Crippen LogP contribution >= 0.6 is 0 Å². The molecule has 1 aromatic heterocycles. The lowest BCUT2D eigenvalue weighted by molar-refractivity contribution is -0.148. The Morgan fingerprint density at radius 3 is 2.37 bits per heavy atom. The summed E-state index contributed by atoms with van der Waals surface area (Å²) >= 11 is 0. The zero-order valence-corrected chi connectivity index (χ0v) is 17.2. The van der Waals surface area contributed by atoms with Crippen molar-refractivity contribution in [2.75, 3.05) is 7.05 Å². The molecule has 0 fully saturated rings. The molecule has 0 bridgehead atoms. The fourth-order valence-electron chi connectivity index (χ4n) is 2.71. The van der Waals surface area contributed by atoms with Gasteiger partial charge in [-0.2, -0.15) is 0 Å². The number of aromatic nitrogens is 1. The van der Waals surface area contributed by atoms with Crippen LogP contribution in [-0.4, -0.2) is 46.9 Å². The second-order valence-corrected chi connectivity index (χ2v) is 7.84. The number of carbonyl (C=O) groups excluding carboxylic acids is 3. The number of nitrogens with zero attached hydrogens (tertiary/aromatic N) is 2. The molecule has 0 aliphatic carbocycles. The largest absolute Gasteiger partial charge is 0.456 e. The summed E-state index contributed by atoms with van der Waals surface area (Å²) in [7, 11) is 1.67. The predicted molar refractivity (Wildman–Crippen MR) is 101 cm³/mol. The van der Waals surface area contributed by atoms with E-state index in [2.05, 4.69) is 4.98 Å². The Bertz CT molecular complexity index is 667. The van der Waals surface area contributed by atoms with E-state index in [0.29, 0.717) is 18.4 Å². The van der Waals surface area contributed by atoms with Gasteiger partial charge in [0.1, 0.15) is 17.4 Å². The SMILES string of the molecule is CC(=O)O[C@H](C[C@H](C(C)C)N(C)C(=O)OC(C)(C)C)c1cccc(C=O)n1. The van der Waals surface area contributed by atoms with Crippen LogP contribution in [0.15, 0.2) is 18.2 Å². The zero-order chi connectivity index (χ0) is 20.8. The van der Waals surface area contributed by atoms with Gasteiger partial charge in [-0.1, -0.05) is 19.9 Å². The highest BCUT2D eigenvalue weighted by molar-refractivity contribution is 5.71. The van der Waals surface area contributed by atoms with Crippen LogP contribution in [0.5, 0.6) is 0 Å². The van der Waals surface area contributed by atoms with Gasteiger partial charge in [-0.3, -0.25) is 9.59 Å². The average molecular weight is 378 g/mol. The van der Waals surface area contributed by atoms with Gasteiger partial charge in [0.25, 0.3) is 0 Å². The maximum absolute atomic E-state index is 12.5. The summed E-state index contributed by atoms with van der Waals surface area (Å²) in [5.41, 5.74) is 0.117. The first-order valence-electron chi connectivity index (χ1n) is 8.99. The van der Waals surface area contributed by atoms with E-state index in [1.54, 1.807) is 46.0 Å². The summed E-state index contributed by atoms with van der Waals surface area (Å²) in [6, 6.07) is 4.70. The molecule has 0 aliphatic rings. The van der Waals surface area contributed by atoms with Crippen molar-refractivity contribution in [3.8, 4) is 0 Å². The first-order valence-corrected chi connectivity index (χ1v) is 8.99. The summed E-state index contributed by atoms with van der Waals surface area (Å²) < 4.78 is 10.9. The highest BCUT2D eigenvalue weighted by Crippen LogP contribution is 2.28. The fourth-order valence-corrected chi connectivity index (χ4v) is 2.71. The van der Waals surface area contributed by atoms with Gasteiger partial charge in [0, 0.05) is 26.4 Å². The van der Waals surface area contributed by atoms with E-state index < -0.39 is 23.8 Å². The molecule has 0 aliphatic heterocycles. The minimum atomic E-state index is -0.681. The Hall–Kier alpha value is -2.44. The highest BCUT2D eigenvalue weighted by Gasteiger charge is 2.31. The topological polar surface area (TPSA) is 85.8 Å². The first-order chi connectivity index (χ1) is 12.4. The molecule has 1 amide bonds. The number of hydrogen-bond acceptors (Lipinski definition) is 6. The summed E-state index contributed by atoms with van der Waals surface area (Å²) in [6.45, 7) is 10.7. The average Bonchev–Trinajstić information content (AvgIpc) is 2.55. The predicted octanol–water partition coefficient (Wildman–Crippen LogP) is 3.78. The molecule has 0 radical (unpaired) electrons. The first kappa shape index (κ1) is 22.6. The van der Waals surface area contributed by atoms with Crippen LogP contribution in [0.2, 0.25) is 0 Å². The van der Waals surface area contributed by atoms with Crippen LogP contribution < -0.4 is 0 Å². The molecule has 0 saturated carbocycles. The van der Waals surface area contributed by atoms with E-state index in [1.165, 1.54) is 11.8 Å². The van der Waals surface area contributed by atoms with Gasteiger partial charge in [0.05, 0.1) is 5.69 Å². The summed E-state index contributed by atoms with van der Waals surface area (Å²) in [6.07, 6.45) is -0.152. The molecule has 0 spiro atoms. The number of aldehydes is 1. The van der Waals surface area contributed by atoms with E-state index in [1.807, 2.05) is 13.8 Å². The van der Waals surface area contributed by atoms with Crippen LogP contribution in [0.1, 0.15) is 70.2 Å². The third-order valence-electron chi connectivity index (χ3n) is 3.96. The number of esters is 1.